The normalized spacial score (nSPS) is 10.2. The molecule has 0 saturated heterocycles. The van der Waals surface area contributed by atoms with Crippen molar-refractivity contribution in [3.63, 3.8) is 0 Å². The van der Waals surface area contributed by atoms with Gasteiger partial charge in [-0.05, 0) is 19.1 Å². The number of nitro benzene ring substituents is 1. The van der Waals surface area contributed by atoms with Gasteiger partial charge in [0.15, 0.2) is 5.82 Å². The molecule has 0 aliphatic heterocycles. The molecule has 7 heteroatoms. The lowest BCUT2D eigenvalue weighted by Gasteiger charge is -2.05. The molecule has 19 heavy (non-hydrogen) atoms. The van der Waals surface area contributed by atoms with Gasteiger partial charge in [-0.1, -0.05) is 17.7 Å². The Hall–Kier alpha value is -2.21. The first-order chi connectivity index (χ1) is 9.04. The van der Waals surface area contributed by atoms with Crippen molar-refractivity contribution in [3.05, 3.63) is 57.1 Å². The Bertz CT molecular complexity index is 599. The Balaban J connectivity index is 2.10. The van der Waals surface area contributed by atoms with Gasteiger partial charge in [0.1, 0.15) is 17.5 Å². The summed E-state index contributed by atoms with van der Waals surface area (Å²) in [6.45, 7) is 1.90. The number of nitro groups is 1. The van der Waals surface area contributed by atoms with Crippen molar-refractivity contribution in [2.24, 2.45) is 0 Å². The van der Waals surface area contributed by atoms with Crippen LogP contribution in [0.25, 0.3) is 0 Å². The summed E-state index contributed by atoms with van der Waals surface area (Å²) >= 11 is 5.80. The van der Waals surface area contributed by atoms with Crippen molar-refractivity contribution in [2.45, 2.75) is 13.5 Å². The van der Waals surface area contributed by atoms with Gasteiger partial charge in [0.25, 0.3) is 5.69 Å². The lowest BCUT2D eigenvalue weighted by atomic mass is 10.3. The van der Waals surface area contributed by atoms with E-state index in [0.29, 0.717) is 16.7 Å². The van der Waals surface area contributed by atoms with E-state index in [0.717, 1.165) is 5.69 Å². The number of non-ortho nitro benzene ring substituents is 1. The average molecular weight is 280 g/mol. The van der Waals surface area contributed by atoms with Crippen LogP contribution in [-0.4, -0.2) is 14.9 Å². The first-order valence-electron chi connectivity index (χ1n) is 5.42. The zero-order valence-electron chi connectivity index (χ0n) is 10.0. The number of nitrogens with zero attached hydrogens (tertiary/aromatic N) is 3. The van der Waals surface area contributed by atoms with Gasteiger partial charge in [-0.25, -0.2) is 9.97 Å². The molecule has 98 valence electrons. The molecule has 0 aliphatic rings. The molecule has 0 fully saturated rings. The third kappa shape index (κ3) is 3.62. The predicted molar refractivity (Wildman–Crippen MR) is 69.2 cm³/mol. The minimum atomic E-state index is -0.479. The summed E-state index contributed by atoms with van der Waals surface area (Å²) in [5.74, 6) is 0.812. The first-order valence-corrected chi connectivity index (χ1v) is 5.80. The van der Waals surface area contributed by atoms with E-state index >= 15 is 0 Å². The molecule has 0 unspecified atom stereocenters. The fourth-order valence-corrected chi connectivity index (χ4v) is 1.74. The van der Waals surface area contributed by atoms with Gasteiger partial charge >= 0.3 is 0 Å². The standard InChI is InChI=1S/C12H10ClN3O3/c1-8-5-11(13)15-12(14-8)7-19-10-4-2-3-9(6-10)16(17)18/h2-6H,7H2,1H3. The molecule has 0 amide bonds. The summed E-state index contributed by atoms with van der Waals surface area (Å²) in [6.07, 6.45) is 0. The molecule has 2 aromatic rings. The van der Waals surface area contributed by atoms with Crippen molar-refractivity contribution in [2.75, 3.05) is 0 Å². The van der Waals surface area contributed by atoms with Gasteiger partial charge in [0, 0.05) is 11.8 Å². The minimum Gasteiger partial charge on any atom is -0.485 e. The molecule has 2 rings (SSSR count). The van der Waals surface area contributed by atoms with Gasteiger partial charge < -0.3 is 4.74 Å². The summed E-state index contributed by atoms with van der Waals surface area (Å²) in [7, 11) is 0. The van der Waals surface area contributed by atoms with Crippen molar-refractivity contribution in [1.82, 2.24) is 9.97 Å². The molecule has 0 saturated carbocycles. The molecule has 0 aliphatic carbocycles. The smallest absolute Gasteiger partial charge is 0.273 e. The van der Waals surface area contributed by atoms with E-state index in [1.165, 1.54) is 12.1 Å². The van der Waals surface area contributed by atoms with Crippen molar-refractivity contribution in [1.29, 1.82) is 0 Å². The highest BCUT2D eigenvalue weighted by atomic mass is 35.5. The van der Waals surface area contributed by atoms with Crippen LogP contribution < -0.4 is 4.74 Å². The molecule has 1 heterocycles. The van der Waals surface area contributed by atoms with E-state index in [1.54, 1.807) is 25.1 Å². The number of halogens is 1. The summed E-state index contributed by atoms with van der Waals surface area (Å²) in [6, 6.07) is 7.56. The number of hydrogen-bond acceptors (Lipinski definition) is 5. The van der Waals surface area contributed by atoms with E-state index < -0.39 is 4.92 Å². The molecular weight excluding hydrogens is 270 g/mol. The lowest BCUT2D eigenvalue weighted by Crippen LogP contribution is -2.03. The van der Waals surface area contributed by atoms with Crippen LogP contribution in [0.4, 0.5) is 5.69 Å². The third-order valence-corrected chi connectivity index (χ3v) is 2.46. The number of rotatable bonds is 4. The van der Waals surface area contributed by atoms with Gasteiger partial charge in [-0.15, -0.1) is 0 Å². The highest BCUT2D eigenvalue weighted by molar-refractivity contribution is 6.29. The average Bonchev–Trinajstić information content (AvgIpc) is 2.35. The Morgan fingerprint density at radius 2 is 2.16 bits per heavy atom. The zero-order valence-corrected chi connectivity index (χ0v) is 10.8. The van der Waals surface area contributed by atoms with Crippen LogP contribution in [0.5, 0.6) is 5.75 Å². The van der Waals surface area contributed by atoms with Crippen LogP contribution in [-0.2, 0) is 6.61 Å². The minimum absolute atomic E-state index is 0.0271. The molecule has 1 aromatic heterocycles. The largest absolute Gasteiger partial charge is 0.485 e. The monoisotopic (exact) mass is 279 g/mol. The molecule has 1 aromatic carbocycles. The summed E-state index contributed by atoms with van der Waals surface area (Å²) in [4.78, 5) is 18.3. The van der Waals surface area contributed by atoms with E-state index in [4.69, 9.17) is 16.3 Å². The maximum atomic E-state index is 10.6. The molecule has 0 atom stereocenters. The van der Waals surface area contributed by atoms with Crippen LogP contribution in [0.2, 0.25) is 5.15 Å². The Kier molecular flexibility index (Phi) is 3.91. The molecule has 0 radical (unpaired) electrons. The maximum absolute atomic E-state index is 10.6. The maximum Gasteiger partial charge on any atom is 0.273 e. The third-order valence-electron chi connectivity index (χ3n) is 2.27. The Labute approximate surface area is 114 Å². The van der Waals surface area contributed by atoms with Crippen LogP contribution >= 0.6 is 11.6 Å². The topological polar surface area (TPSA) is 78.2 Å². The molecule has 6 nitrogen and oxygen atoms in total. The van der Waals surface area contributed by atoms with E-state index in [1.807, 2.05) is 0 Å². The zero-order chi connectivity index (χ0) is 13.8. The summed E-state index contributed by atoms with van der Waals surface area (Å²) < 4.78 is 5.40. The molecule has 0 spiro atoms. The van der Waals surface area contributed by atoms with E-state index in [-0.39, 0.29) is 12.3 Å². The fraction of sp³-hybridized carbons (Fsp3) is 0.167. The Morgan fingerprint density at radius 1 is 1.37 bits per heavy atom. The molecule has 0 N–H and O–H groups in total. The molecule has 0 bridgehead atoms. The van der Waals surface area contributed by atoms with Gasteiger partial charge in [-0.2, -0.15) is 0 Å². The van der Waals surface area contributed by atoms with E-state index in [9.17, 15) is 10.1 Å². The highest BCUT2D eigenvalue weighted by Crippen LogP contribution is 2.19. The van der Waals surface area contributed by atoms with Crippen molar-refractivity contribution < 1.29 is 9.66 Å². The SMILES string of the molecule is Cc1cc(Cl)nc(COc2cccc([N+](=O)[O-])c2)n1. The van der Waals surface area contributed by atoms with Crippen molar-refractivity contribution in [3.8, 4) is 5.75 Å². The first kappa shape index (κ1) is 13.2. The lowest BCUT2D eigenvalue weighted by molar-refractivity contribution is -0.384. The number of ether oxygens (including phenoxy) is 1. The Morgan fingerprint density at radius 3 is 2.84 bits per heavy atom. The molecular formula is C12H10ClN3O3. The van der Waals surface area contributed by atoms with Crippen molar-refractivity contribution >= 4 is 17.3 Å². The van der Waals surface area contributed by atoms with Crippen LogP contribution in [0, 0.1) is 17.0 Å². The second-order valence-corrected chi connectivity index (χ2v) is 4.18. The van der Waals surface area contributed by atoms with Crippen LogP contribution in [0.3, 0.4) is 0 Å². The van der Waals surface area contributed by atoms with Gasteiger partial charge in [-0.3, -0.25) is 10.1 Å². The predicted octanol–water partition coefficient (Wildman–Crippen LogP) is 2.93. The van der Waals surface area contributed by atoms with E-state index in [2.05, 4.69) is 9.97 Å². The number of aromatic nitrogens is 2. The fourth-order valence-electron chi connectivity index (χ4n) is 1.49. The summed E-state index contributed by atoms with van der Waals surface area (Å²) in [5.41, 5.74) is 0.707. The second-order valence-electron chi connectivity index (χ2n) is 3.79. The van der Waals surface area contributed by atoms with Gasteiger partial charge in [0.05, 0.1) is 11.0 Å². The quantitative estimate of drug-likeness (QED) is 0.488. The number of aryl methyl sites for hydroxylation is 1. The van der Waals surface area contributed by atoms with Gasteiger partial charge in [0.2, 0.25) is 0 Å². The van der Waals surface area contributed by atoms with Crippen LogP contribution in [0.15, 0.2) is 30.3 Å². The second kappa shape index (κ2) is 5.62. The number of hydrogen-bond donors (Lipinski definition) is 0. The number of benzene rings is 1. The summed E-state index contributed by atoms with van der Waals surface area (Å²) in [5, 5.41) is 11.0. The highest BCUT2D eigenvalue weighted by Gasteiger charge is 2.07. The van der Waals surface area contributed by atoms with Crippen LogP contribution in [0.1, 0.15) is 11.5 Å².